The topological polar surface area (TPSA) is 66.9 Å². The first-order chi connectivity index (χ1) is 13.6. The number of urea groups is 1. The fourth-order valence-corrected chi connectivity index (χ4v) is 4.11. The van der Waals surface area contributed by atoms with Crippen molar-refractivity contribution in [3.8, 4) is 11.5 Å². The maximum atomic E-state index is 12.7. The zero-order valence-electron chi connectivity index (χ0n) is 16.3. The predicted octanol–water partition coefficient (Wildman–Crippen LogP) is 2.81. The predicted molar refractivity (Wildman–Crippen MR) is 108 cm³/mol. The van der Waals surface area contributed by atoms with Crippen LogP contribution in [0.4, 0.5) is 4.79 Å². The Balaban J connectivity index is 1.28. The lowest BCUT2D eigenvalue weighted by molar-refractivity contribution is 0.133. The number of rotatable bonds is 4. The summed E-state index contributed by atoms with van der Waals surface area (Å²) in [5.74, 6) is 1.51. The van der Waals surface area contributed by atoms with Crippen LogP contribution in [0.3, 0.4) is 0 Å². The summed E-state index contributed by atoms with van der Waals surface area (Å²) >= 11 is 1.68. The van der Waals surface area contributed by atoms with Gasteiger partial charge in [0.05, 0.1) is 16.7 Å². The Morgan fingerprint density at radius 2 is 1.96 bits per heavy atom. The van der Waals surface area contributed by atoms with Crippen LogP contribution in [0.15, 0.2) is 23.6 Å². The van der Waals surface area contributed by atoms with Crippen LogP contribution in [-0.2, 0) is 6.54 Å². The number of nitrogens with one attached hydrogen (secondary N) is 1. The number of hydrogen-bond acceptors (Lipinski definition) is 6. The molecule has 2 aromatic rings. The van der Waals surface area contributed by atoms with E-state index >= 15 is 0 Å². The molecule has 1 aromatic heterocycles. The third-order valence-electron chi connectivity index (χ3n) is 5.12. The van der Waals surface area contributed by atoms with Crippen LogP contribution >= 0.6 is 11.3 Å². The molecule has 0 radical (unpaired) electrons. The summed E-state index contributed by atoms with van der Waals surface area (Å²) in [6.07, 6.45) is 0. The van der Waals surface area contributed by atoms with Gasteiger partial charge < -0.3 is 19.7 Å². The van der Waals surface area contributed by atoms with Crippen molar-refractivity contribution in [1.29, 1.82) is 0 Å². The van der Waals surface area contributed by atoms with Crippen LogP contribution in [0, 0.1) is 6.92 Å². The lowest BCUT2D eigenvalue weighted by atomic mass is 10.1. The Hall–Kier alpha value is -2.32. The minimum absolute atomic E-state index is 0.0217. The highest BCUT2D eigenvalue weighted by Gasteiger charge is 2.23. The summed E-state index contributed by atoms with van der Waals surface area (Å²) in [5.41, 5.74) is 2.13. The van der Waals surface area contributed by atoms with Gasteiger partial charge in [0.2, 0.25) is 0 Å². The largest absolute Gasteiger partial charge is 0.486 e. The minimum Gasteiger partial charge on any atom is -0.486 e. The second kappa shape index (κ2) is 8.36. The lowest BCUT2D eigenvalue weighted by Crippen LogP contribution is -2.51. The molecule has 1 unspecified atom stereocenters. The van der Waals surface area contributed by atoms with Crippen molar-refractivity contribution in [1.82, 2.24) is 20.1 Å². The number of nitrogens with zero attached hydrogens (tertiary/aromatic N) is 3. The van der Waals surface area contributed by atoms with Crippen LogP contribution < -0.4 is 14.8 Å². The van der Waals surface area contributed by atoms with E-state index in [-0.39, 0.29) is 12.1 Å². The average Bonchev–Trinajstić information content (AvgIpc) is 3.12. The Morgan fingerprint density at radius 3 is 2.68 bits per heavy atom. The van der Waals surface area contributed by atoms with Gasteiger partial charge in [0.15, 0.2) is 11.5 Å². The van der Waals surface area contributed by atoms with Gasteiger partial charge in [-0.25, -0.2) is 9.78 Å². The normalized spacial score (nSPS) is 18.0. The maximum absolute atomic E-state index is 12.7. The van der Waals surface area contributed by atoms with E-state index in [1.54, 1.807) is 11.3 Å². The highest BCUT2D eigenvalue weighted by Crippen LogP contribution is 2.32. The fourth-order valence-electron chi connectivity index (χ4n) is 3.51. The molecule has 0 spiro atoms. The summed E-state index contributed by atoms with van der Waals surface area (Å²) in [5, 5.41) is 6.31. The number of carbonyl (C=O) groups is 1. The zero-order valence-corrected chi connectivity index (χ0v) is 17.1. The third kappa shape index (κ3) is 4.39. The molecule has 4 rings (SSSR count). The molecule has 7 nitrogen and oxygen atoms in total. The van der Waals surface area contributed by atoms with E-state index in [2.05, 4.69) is 20.6 Å². The molecule has 150 valence electrons. The number of aromatic nitrogens is 1. The molecule has 1 atom stereocenters. The molecular weight excluding hydrogens is 376 g/mol. The Morgan fingerprint density at radius 1 is 1.21 bits per heavy atom. The smallest absolute Gasteiger partial charge is 0.317 e. The highest BCUT2D eigenvalue weighted by molar-refractivity contribution is 7.09. The molecule has 1 fully saturated rings. The fraction of sp³-hybridized carbons (Fsp3) is 0.500. The summed E-state index contributed by atoms with van der Waals surface area (Å²) in [4.78, 5) is 21.4. The number of piperazine rings is 1. The van der Waals surface area contributed by atoms with E-state index in [0.717, 1.165) is 60.5 Å². The number of aryl methyl sites for hydroxylation is 1. The Bertz CT molecular complexity index is 833. The first-order valence-corrected chi connectivity index (χ1v) is 10.5. The van der Waals surface area contributed by atoms with Crippen molar-refractivity contribution >= 4 is 17.4 Å². The standard InChI is InChI=1S/C20H26N4O3S/c1-14(16-3-4-18-19(11-16)27-10-9-26-18)21-20(25)24-7-5-23(6-8-24)12-17-13-28-15(2)22-17/h3-4,11,13-14H,5-10,12H2,1-2H3,(H,21,25). The number of amides is 2. The van der Waals surface area contributed by atoms with E-state index in [0.29, 0.717) is 13.2 Å². The molecule has 1 N–H and O–H groups in total. The monoisotopic (exact) mass is 402 g/mol. The molecule has 2 amide bonds. The van der Waals surface area contributed by atoms with Crippen LogP contribution in [0.5, 0.6) is 11.5 Å². The average molecular weight is 403 g/mol. The summed E-state index contributed by atoms with van der Waals surface area (Å²) < 4.78 is 11.2. The van der Waals surface area contributed by atoms with Crippen LogP contribution in [-0.4, -0.2) is 60.2 Å². The highest BCUT2D eigenvalue weighted by atomic mass is 32.1. The van der Waals surface area contributed by atoms with E-state index < -0.39 is 0 Å². The number of ether oxygens (including phenoxy) is 2. The van der Waals surface area contributed by atoms with Crippen LogP contribution in [0.2, 0.25) is 0 Å². The molecular formula is C20H26N4O3S. The van der Waals surface area contributed by atoms with Gasteiger partial charge in [-0.1, -0.05) is 6.07 Å². The van der Waals surface area contributed by atoms with Crippen molar-refractivity contribution in [2.24, 2.45) is 0 Å². The molecule has 28 heavy (non-hydrogen) atoms. The Labute approximate surface area is 169 Å². The molecule has 1 saturated heterocycles. The van der Waals surface area contributed by atoms with Crippen molar-refractivity contribution in [3.05, 3.63) is 39.8 Å². The summed E-state index contributed by atoms with van der Waals surface area (Å²) in [7, 11) is 0. The van der Waals surface area contributed by atoms with Crippen molar-refractivity contribution in [3.63, 3.8) is 0 Å². The van der Waals surface area contributed by atoms with Crippen LogP contribution in [0.1, 0.15) is 29.2 Å². The molecule has 2 aliphatic rings. The quantitative estimate of drug-likeness (QED) is 0.852. The van der Waals surface area contributed by atoms with Gasteiger partial charge >= 0.3 is 6.03 Å². The second-order valence-electron chi connectivity index (χ2n) is 7.20. The SMILES string of the molecule is Cc1nc(CN2CCN(C(=O)NC(C)c3ccc4c(c3)OCCO4)CC2)cs1. The van der Waals surface area contributed by atoms with Crippen LogP contribution in [0.25, 0.3) is 0 Å². The summed E-state index contributed by atoms with van der Waals surface area (Å²) in [6, 6.07) is 5.72. The van der Waals surface area contributed by atoms with Crippen molar-refractivity contribution in [2.45, 2.75) is 26.4 Å². The number of hydrogen-bond donors (Lipinski definition) is 1. The molecule has 8 heteroatoms. The van der Waals surface area contributed by atoms with Gasteiger partial charge in [-0.05, 0) is 31.5 Å². The first-order valence-electron chi connectivity index (χ1n) is 9.67. The Kier molecular flexibility index (Phi) is 5.68. The molecule has 0 saturated carbocycles. The van der Waals surface area contributed by atoms with Gasteiger partial charge in [0.1, 0.15) is 13.2 Å². The van der Waals surface area contributed by atoms with E-state index in [1.165, 1.54) is 0 Å². The third-order valence-corrected chi connectivity index (χ3v) is 5.94. The van der Waals surface area contributed by atoms with E-state index in [4.69, 9.17) is 9.47 Å². The first kappa shape index (κ1) is 19.0. The molecule has 3 heterocycles. The van der Waals surface area contributed by atoms with Crippen molar-refractivity contribution < 1.29 is 14.3 Å². The van der Waals surface area contributed by atoms with E-state index in [1.807, 2.05) is 36.9 Å². The van der Waals surface area contributed by atoms with Crippen molar-refractivity contribution in [2.75, 3.05) is 39.4 Å². The molecule has 0 bridgehead atoms. The second-order valence-corrected chi connectivity index (χ2v) is 8.26. The molecule has 2 aliphatic heterocycles. The number of carbonyl (C=O) groups excluding carboxylic acids is 1. The van der Waals surface area contributed by atoms with Gasteiger partial charge in [-0.2, -0.15) is 0 Å². The number of thiazole rings is 1. The number of fused-ring (bicyclic) bond motifs is 1. The zero-order chi connectivity index (χ0) is 19.5. The number of benzene rings is 1. The van der Waals surface area contributed by atoms with Gasteiger partial charge in [0, 0.05) is 38.1 Å². The minimum atomic E-state index is -0.0978. The lowest BCUT2D eigenvalue weighted by Gasteiger charge is -2.35. The summed E-state index contributed by atoms with van der Waals surface area (Å²) in [6.45, 7) is 9.18. The van der Waals surface area contributed by atoms with E-state index in [9.17, 15) is 4.79 Å². The van der Waals surface area contributed by atoms with Gasteiger partial charge in [-0.15, -0.1) is 11.3 Å². The molecule has 0 aliphatic carbocycles. The van der Waals surface area contributed by atoms with Gasteiger partial charge in [-0.3, -0.25) is 4.90 Å². The molecule has 1 aromatic carbocycles. The van der Waals surface area contributed by atoms with Gasteiger partial charge in [0.25, 0.3) is 0 Å². The maximum Gasteiger partial charge on any atom is 0.317 e.